The second-order valence-corrected chi connectivity index (χ2v) is 5.04. The third-order valence-electron chi connectivity index (χ3n) is 3.01. The summed E-state index contributed by atoms with van der Waals surface area (Å²) in [6.07, 6.45) is 0.766. The molecule has 0 unspecified atom stereocenters. The highest BCUT2D eigenvalue weighted by atomic mass is 16.5. The summed E-state index contributed by atoms with van der Waals surface area (Å²) in [4.78, 5) is 11.2. The van der Waals surface area contributed by atoms with Crippen LogP contribution in [0.15, 0.2) is 48.5 Å². The van der Waals surface area contributed by atoms with Gasteiger partial charge in [-0.15, -0.1) is 0 Å². The van der Waals surface area contributed by atoms with Crippen LogP contribution in [-0.4, -0.2) is 19.1 Å². The summed E-state index contributed by atoms with van der Waals surface area (Å²) in [7, 11) is 0. The van der Waals surface area contributed by atoms with Gasteiger partial charge in [0, 0.05) is 13.3 Å². The highest BCUT2D eigenvalue weighted by molar-refractivity contribution is 5.90. The van der Waals surface area contributed by atoms with Crippen LogP contribution >= 0.6 is 0 Å². The lowest BCUT2D eigenvalue weighted by Gasteiger charge is -2.13. The SMILES string of the molecule is CC(=O)Nc1ccc(C)cc1OCCCOc1ccccc1. The summed E-state index contributed by atoms with van der Waals surface area (Å²) in [5, 5.41) is 2.77. The molecule has 22 heavy (non-hydrogen) atoms. The third kappa shape index (κ3) is 5.13. The van der Waals surface area contributed by atoms with Crippen LogP contribution in [0.5, 0.6) is 11.5 Å². The summed E-state index contributed by atoms with van der Waals surface area (Å²) in [5.74, 6) is 1.44. The van der Waals surface area contributed by atoms with Gasteiger partial charge >= 0.3 is 0 Å². The minimum Gasteiger partial charge on any atom is -0.493 e. The topological polar surface area (TPSA) is 47.6 Å². The molecule has 0 atom stereocenters. The smallest absolute Gasteiger partial charge is 0.221 e. The van der Waals surface area contributed by atoms with Crippen molar-refractivity contribution in [1.82, 2.24) is 0 Å². The number of amides is 1. The summed E-state index contributed by atoms with van der Waals surface area (Å²) in [6, 6.07) is 15.4. The predicted octanol–water partition coefficient (Wildman–Crippen LogP) is 3.80. The average Bonchev–Trinajstić information content (AvgIpc) is 2.50. The van der Waals surface area contributed by atoms with Crippen molar-refractivity contribution in [1.29, 1.82) is 0 Å². The van der Waals surface area contributed by atoms with Crippen molar-refractivity contribution < 1.29 is 14.3 Å². The molecule has 0 heterocycles. The lowest BCUT2D eigenvalue weighted by molar-refractivity contribution is -0.114. The van der Waals surface area contributed by atoms with Gasteiger partial charge in [0.2, 0.25) is 5.91 Å². The Morgan fingerprint density at radius 2 is 1.77 bits per heavy atom. The highest BCUT2D eigenvalue weighted by Gasteiger charge is 2.05. The second-order valence-electron chi connectivity index (χ2n) is 5.04. The van der Waals surface area contributed by atoms with Gasteiger partial charge in [-0.2, -0.15) is 0 Å². The number of ether oxygens (including phenoxy) is 2. The normalized spacial score (nSPS) is 10.1. The number of carbonyl (C=O) groups is 1. The van der Waals surface area contributed by atoms with E-state index in [4.69, 9.17) is 9.47 Å². The van der Waals surface area contributed by atoms with E-state index in [0.29, 0.717) is 24.7 Å². The molecule has 116 valence electrons. The molecule has 0 saturated heterocycles. The maximum absolute atomic E-state index is 11.2. The Morgan fingerprint density at radius 1 is 1.05 bits per heavy atom. The maximum Gasteiger partial charge on any atom is 0.221 e. The largest absolute Gasteiger partial charge is 0.493 e. The number of carbonyl (C=O) groups excluding carboxylic acids is 1. The fourth-order valence-electron chi connectivity index (χ4n) is 1.99. The Morgan fingerprint density at radius 3 is 2.50 bits per heavy atom. The van der Waals surface area contributed by atoms with Crippen molar-refractivity contribution >= 4 is 11.6 Å². The molecule has 1 amide bonds. The number of hydrogen-bond donors (Lipinski definition) is 1. The number of benzene rings is 2. The van der Waals surface area contributed by atoms with E-state index >= 15 is 0 Å². The monoisotopic (exact) mass is 299 g/mol. The highest BCUT2D eigenvalue weighted by Crippen LogP contribution is 2.25. The first-order valence-electron chi connectivity index (χ1n) is 7.34. The molecular formula is C18H21NO3. The minimum absolute atomic E-state index is 0.110. The molecule has 0 aliphatic carbocycles. The molecule has 4 heteroatoms. The Balaban J connectivity index is 1.81. The van der Waals surface area contributed by atoms with Crippen molar-refractivity contribution in [2.45, 2.75) is 20.3 Å². The Labute approximate surface area is 131 Å². The number of nitrogens with one attached hydrogen (secondary N) is 1. The van der Waals surface area contributed by atoms with E-state index in [9.17, 15) is 4.79 Å². The van der Waals surface area contributed by atoms with E-state index in [1.807, 2.05) is 55.5 Å². The number of rotatable bonds is 7. The fraction of sp³-hybridized carbons (Fsp3) is 0.278. The van der Waals surface area contributed by atoms with Crippen LogP contribution in [0, 0.1) is 6.92 Å². The molecule has 0 fully saturated rings. The van der Waals surface area contributed by atoms with Gasteiger partial charge in [-0.25, -0.2) is 0 Å². The second kappa shape index (κ2) is 8.08. The van der Waals surface area contributed by atoms with Crippen molar-refractivity contribution in [3.8, 4) is 11.5 Å². The van der Waals surface area contributed by atoms with Gasteiger partial charge in [0.05, 0.1) is 18.9 Å². The molecule has 0 aromatic heterocycles. The van der Waals surface area contributed by atoms with Crippen LogP contribution in [0.1, 0.15) is 18.9 Å². The van der Waals surface area contributed by atoms with E-state index in [1.54, 1.807) is 0 Å². The van der Waals surface area contributed by atoms with Crippen molar-refractivity contribution in [3.05, 3.63) is 54.1 Å². The van der Waals surface area contributed by atoms with Gasteiger partial charge < -0.3 is 14.8 Å². The van der Waals surface area contributed by atoms with Crippen LogP contribution in [0.3, 0.4) is 0 Å². The van der Waals surface area contributed by atoms with Crippen molar-refractivity contribution in [2.75, 3.05) is 18.5 Å². The average molecular weight is 299 g/mol. The molecule has 0 aliphatic heterocycles. The zero-order chi connectivity index (χ0) is 15.8. The molecule has 0 radical (unpaired) electrons. The first-order chi connectivity index (χ1) is 10.6. The summed E-state index contributed by atoms with van der Waals surface area (Å²) in [5.41, 5.74) is 1.78. The Hall–Kier alpha value is -2.49. The lowest BCUT2D eigenvalue weighted by Crippen LogP contribution is -2.10. The van der Waals surface area contributed by atoms with Gasteiger partial charge in [-0.05, 0) is 36.8 Å². The van der Waals surface area contributed by atoms with Crippen LogP contribution in [0.4, 0.5) is 5.69 Å². The van der Waals surface area contributed by atoms with E-state index in [1.165, 1.54) is 6.92 Å². The number of anilines is 1. The lowest BCUT2D eigenvalue weighted by atomic mass is 10.2. The standard InChI is InChI=1S/C18H21NO3/c1-14-9-10-17(19-15(2)20)18(13-14)22-12-6-11-21-16-7-4-3-5-8-16/h3-5,7-10,13H,6,11-12H2,1-2H3,(H,19,20). The summed E-state index contributed by atoms with van der Waals surface area (Å²) < 4.78 is 11.4. The predicted molar refractivity (Wildman–Crippen MR) is 87.5 cm³/mol. The molecule has 0 aliphatic rings. The first-order valence-corrected chi connectivity index (χ1v) is 7.34. The van der Waals surface area contributed by atoms with Crippen LogP contribution in [-0.2, 0) is 4.79 Å². The van der Waals surface area contributed by atoms with Crippen molar-refractivity contribution in [2.24, 2.45) is 0 Å². The zero-order valence-electron chi connectivity index (χ0n) is 13.0. The van der Waals surface area contributed by atoms with E-state index < -0.39 is 0 Å². The molecule has 1 N–H and O–H groups in total. The van der Waals surface area contributed by atoms with E-state index in [-0.39, 0.29) is 5.91 Å². The first kappa shape index (κ1) is 15.9. The zero-order valence-corrected chi connectivity index (χ0v) is 13.0. The molecule has 0 spiro atoms. The fourth-order valence-corrected chi connectivity index (χ4v) is 1.99. The van der Waals surface area contributed by atoms with Gasteiger partial charge in [-0.1, -0.05) is 24.3 Å². The van der Waals surface area contributed by atoms with Gasteiger partial charge in [0.1, 0.15) is 11.5 Å². The number of aryl methyl sites for hydroxylation is 1. The molecular weight excluding hydrogens is 278 g/mol. The molecule has 4 nitrogen and oxygen atoms in total. The molecule has 2 aromatic rings. The minimum atomic E-state index is -0.110. The molecule has 0 bridgehead atoms. The van der Waals surface area contributed by atoms with Crippen LogP contribution in [0.25, 0.3) is 0 Å². The maximum atomic E-state index is 11.2. The van der Waals surface area contributed by atoms with Gasteiger partial charge in [-0.3, -0.25) is 4.79 Å². The Kier molecular flexibility index (Phi) is 5.83. The molecule has 2 aromatic carbocycles. The van der Waals surface area contributed by atoms with Crippen LogP contribution in [0.2, 0.25) is 0 Å². The number of hydrogen-bond acceptors (Lipinski definition) is 3. The number of para-hydroxylation sites is 1. The van der Waals surface area contributed by atoms with Crippen molar-refractivity contribution in [3.63, 3.8) is 0 Å². The summed E-state index contributed by atoms with van der Waals surface area (Å²) >= 11 is 0. The molecule has 0 saturated carbocycles. The third-order valence-corrected chi connectivity index (χ3v) is 3.01. The van der Waals surface area contributed by atoms with E-state index in [0.717, 1.165) is 17.7 Å². The molecule has 2 rings (SSSR count). The Bertz CT molecular complexity index is 611. The summed E-state index contributed by atoms with van der Waals surface area (Å²) in [6.45, 7) is 4.59. The van der Waals surface area contributed by atoms with E-state index in [2.05, 4.69) is 5.32 Å². The van der Waals surface area contributed by atoms with Gasteiger partial charge in [0.25, 0.3) is 0 Å². The quantitative estimate of drug-likeness (QED) is 0.791. The van der Waals surface area contributed by atoms with Gasteiger partial charge in [0.15, 0.2) is 0 Å². The van der Waals surface area contributed by atoms with Crippen LogP contribution < -0.4 is 14.8 Å².